The summed E-state index contributed by atoms with van der Waals surface area (Å²) in [5, 5.41) is 2.94. The van der Waals surface area contributed by atoms with Gasteiger partial charge in [-0.3, -0.25) is 14.9 Å². The highest BCUT2D eigenvalue weighted by Crippen LogP contribution is 2.29. The van der Waals surface area contributed by atoms with Crippen molar-refractivity contribution >= 4 is 41.2 Å². The lowest BCUT2D eigenvalue weighted by Gasteiger charge is -2.27. The second-order valence-corrected chi connectivity index (χ2v) is 8.72. The fourth-order valence-electron chi connectivity index (χ4n) is 4.04. The van der Waals surface area contributed by atoms with Crippen LogP contribution in [0, 0.1) is 13.8 Å². The van der Waals surface area contributed by atoms with E-state index in [-0.39, 0.29) is 5.57 Å². The van der Waals surface area contributed by atoms with E-state index in [1.807, 2.05) is 63.2 Å². The minimum Gasteiger partial charge on any atom is -0.494 e. The number of barbiturate groups is 1. The number of amides is 4. The van der Waals surface area contributed by atoms with E-state index in [4.69, 9.17) is 16.3 Å². The smallest absolute Gasteiger partial charge is 0.335 e. The highest BCUT2D eigenvalue weighted by molar-refractivity contribution is 6.39. The highest BCUT2D eigenvalue weighted by atomic mass is 35.5. The Labute approximate surface area is 209 Å². The SMILES string of the molecule is CCOc1cc(/C=C2\C(=O)NC(=O)N(c3ccc(C)cc3C)C2=O)ccc1Cc1ccccc1Cl. The molecule has 0 atom stereocenters. The lowest BCUT2D eigenvalue weighted by Crippen LogP contribution is -2.54. The number of ether oxygens (including phenoxy) is 1. The van der Waals surface area contributed by atoms with Gasteiger partial charge in [-0.1, -0.05) is 59.6 Å². The van der Waals surface area contributed by atoms with Crippen LogP contribution in [0.5, 0.6) is 5.75 Å². The first-order valence-corrected chi connectivity index (χ1v) is 11.6. The van der Waals surface area contributed by atoms with Crippen LogP contribution in [0.1, 0.15) is 34.7 Å². The quantitative estimate of drug-likeness (QED) is 0.361. The number of imide groups is 2. The maximum Gasteiger partial charge on any atom is 0.335 e. The van der Waals surface area contributed by atoms with Crippen LogP contribution in [-0.2, 0) is 16.0 Å². The van der Waals surface area contributed by atoms with Crippen molar-refractivity contribution in [3.05, 3.63) is 99.1 Å². The number of benzene rings is 3. The molecule has 7 heteroatoms. The molecule has 1 saturated heterocycles. The number of halogens is 1. The molecule has 1 heterocycles. The second kappa shape index (κ2) is 10.2. The normalized spacial score (nSPS) is 14.9. The van der Waals surface area contributed by atoms with Gasteiger partial charge in [-0.15, -0.1) is 0 Å². The van der Waals surface area contributed by atoms with E-state index in [1.54, 1.807) is 18.2 Å². The van der Waals surface area contributed by atoms with Gasteiger partial charge in [0, 0.05) is 11.4 Å². The van der Waals surface area contributed by atoms with Gasteiger partial charge < -0.3 is 4.74 Å². The van der Waals surface area contributed by atoms with E-state index in [1.165, 1.54) is 6.08 Å². The van der Waals surface area contributed by atoms with Crippen LogP contribution < -0.4 is 15.0 Å². The van der Waals surface area contributed by atoms with E-state index in [9.17, 15) is 14.4 Å². The zero-order valence-corrected chi connectivity index (χ0v) is 20.5. The number of hydrogen-bond donors (Lipinski definition) is 1. The standard InChI is InChI=1S/C28H25ClN2O4/c1-4-35-25-15-19(10-11-21(25)16-20-7-5-6-8-23(20)29)14-22-26(32)30-28(34)31(27(22)33)24-12-9-17(2)13-18(24)3/h5-15H,4,16H2,1-3H3,(H,30,32,34)/b22-14+. The summed E-state index contributed by atoms with van der Waals surface area (Å²) >= 11 is 6.33. The summed E-state index contributed by atoms with van der Waals surface area (Å²) in [7, 11) is 0. The minimum absolute atomic E-state index is 0.133. The Morgan fingerprint density at radius 2 is 1.74 bits per heavy atom. The average Bonchev–Trinajstić information content (AvgIpc) is 2.81. The Balaban J connectivity index is 1.69. The number of aryl methyl sites for hydroxylation is 2. The topological polar surface area (TPSA) is 75.7 Å². The molecule has 3 aromatic rings. The summed E-state index contributed by atoms with van der Waals surface area (Å²) < 4.78 is 5.84. The fraction of sp³-hybridized carbons (Fsp3) is 0.179. The Hall–Kier alpha value is -3.90. The van der Waals surface area contributed by atoms with Crippen LogP contribution in [0.2, 0.25) is 5.02 Å². The van der Waals surface area contributed by atoms with Crippen LogP contribution in [-0.4, -0.2) is 24.5 Å². The molecule has 0 aromatic heterocycles. The lowest BCUT2D eigenvalue weighted by molar-refractivity contribution is -0.122. The Morgan fingerprint density at radius 3 is 2.46 bits per heavy atom. The summed E-state index contributed by atoms with van der Waals surface area (Å²) in [6.45, 7) is 6.07. The van der Waals surface area contributed by atoms with Crippen LogP contribution in [0.3, 0.4) is 0 Å². The fourth-order valence-corrected chi connectivity index (χ4v) is 4.25. The van der Waals surface area contributed by atoms with Crippen LogP contribution in [0.15, 0.2) is 66.2 Å². The largest absolute Gasteiger partial charge is 0.494 e. The molecule has 1 aliphatic heterocycles. The molecule has 1 fully saturated rings. The summed E-state index contributed by atoms with van der Waals surface area (Å²) in [4.78, 5) is 39.4. The lowest BCUT2D eigenvalue weighted by atomic mass is 10.00. The van der Waals surface area contributed by atoms with Crippen molar-refractivity contribution < 1.29 is 19.1 Å². The van der Waals surface area contributed by atoms with E-state index < -0.39 is 17.8 Å². The Bertz CT molecular complexity index is 1360. The van der Waals surface area contributed by atoms with Gasteiger partial charge in [0.05, 0.1) is 12.3 Å². The van der Waals surface area contributed by atoms with Crippen molar-refractivity contribution in [2.75, 3.05) is 11.5 Å². The number of carbonyl (C=O) groups excluding carboxylic acids is 3. The van der Waals surface area contributed by atoms with Crippen molar-refractivity contribution in [3.8, 4) is 5.75 Å². The maximum absolute atomic E-state index is 13.3. The number of nitrogens with one attached hydrogen (secondary N) is 1. The molecule has 0 bridgehead atoms. The van der Waals surface area contributed by atoms with Gasteiger partial charge in [-0.25, -0.2) is 9.69 Å². The van der Waals surface area contributed by atoms with Crippen LogP contribution >= 0.6 is 11.6 Å². The second-order valence-electron chi connectivity index (χ2n) is 8.32. The molecular weight excluding hydrogens is 464 g/mol. The number of hydrogen-bond acceptors (Lipinski definition) is 4. The molecule has 6 nitrogen and oxygen atoms in total. The number of rotatable bonds is 6. The monoisotopic (exact) mass is 488 g/mol. The van der Waals surface area contributed by atoms with Crippen molar-refractivity contribution in [1.29, 1.82) is 0 Å². The molecule has 1 aliphatic rings. The molecule has 35 heavy (non-hydrogen) atoms. The molecular formula is C28H25ClN2O4. The van der Waals surface area contributed by atoms with Gasteiger partial charge in [0.25, 0.3) is 11.8 Å². The third kappa shape index (κ3) is 5.12. The van der Waals surface area contributed by atoms with E-state index in [2.05, 4.69) is 5.32 Å². The molecule has 4 rings (SSSR count). The van der Waals surface area contributed by atoms with E-state index >= 15 is 0 Å². The third-order valence-electron chi connectivity index (χ3n) is 5.74. The zero-order chi connectivity index (χ0) is 25.1. The van der Waals surface area contributed by atoms with Crippen molar-refractivity contribution in [2.24, 2.45) is 0 Å². The van der Waals surface area contributed by atoms with Crippen LogP contribution in [0.25, 0.3) is 6.08 Å². The van der Waals surface area contributed by atoms with Gasteiger partial charge >= 0.3 is 6.03 Å². The third-order valence-corrected chi connectivity index (χ3v) is 6.10. The zero-order valence-electron chi connectivity index (χ0n) is 19.7. The predicted octanol–water partition coefficient (Wildman–Crippen LogP) is 5.61. The Kier molecular flexibility index (Phi) is 7.03. The molecule has 4 amide bonds. The van der Waals surface area contributed by atoms with Crippen molar-refractivity contribution in [3.63, 3.8) is 0 Å². The van der Waals surface area contributed by atoms with Crippen molar-refractivity contribution in [2.45, 2.75) is 27.2 Å². The number of nitrogens with zero attached hydrogens (tertiary/aromatic N) is 1. The van der Waals surface area contributed by atoms with Gasteiger partial charge in [-0.2, -0.15) is 0 Å². The molecule has 178 valence electrons. The molecule has 0 unspecified atom stereocenters. The van der Waals surface area contributed by atoms with Gasteiger partial charge in [-0.05, 0) is 67.3 Å². The molecule has 3 aromatic carbocycles. The van der Waals surface area contributed by atoms with Crippen molar-refractivity contribution in [1.82, 2.24) is 5.32 Å². The summed E-state index contributed by atoms with van der Waals surface area (Å²) in [6, 6.07) is 17.7. The number of anilines is 1. The Morgan fingerprint density at radius 1 is 0.971 bits per heavy atom. The maximum atomic E-state index is 13.3. The minimum atomic E-state index is -0.769. The first-order valence-electron chi connectivity index (χ1n) is 11.3. The summed E-state index contributed by atoms with van der Waals surface area (Å²) in [5.41, 5.74) is 4.55. The number of urea groups is 1. The highest BCUT2D eigenvalue weighted by Gasteiger charge is 2.37. The number of carbonyl (C=O) groups is 3. The van der Waals surface area contributed by atoms with Crippen LogP contribution in [0.4, 0.5) is 10.5 Å². The van der Waals surface area contributed by atoms with E-state index in [0.29, 0.717) is 35.1 Å². The molecule has 0 spiro atoms. The van der Waals surface area contributed by atoms with Gasteiger partial charge in [0.1, 0.15) is 11.3 Å². The summed E-state index contributed by atoms with van der Waals surface area (Å²) in [5.74, 6) is -0.782. The van der Waals surface area contributed by atoms with Gasteiger partial charge in [0.15, 0.2) is 0 Å². The van der Waals surface area contributed by atoms with Gasteiger partial charge in [0.2, 0.25) is 0 Å². The first-order chi connectivity index (χ1) is 16.8. The molecule has 0 aliphatic carbocycles. The average molecular weight is 489 g/mol. The van der Waals surface area contributed by atoms with E-state index in [0.717, 1.165) is 27.2 Å². The molecule has 0 saturated carbocycles. The summed E-state index contributed by atoms with van der Waals surface area (Å²) in [6.07, 6.45) is 2.04. The first kappa shape index (κ1) is 24.2. The predicted molar refractivity (Wildman–Crippen MR) is 137 cm³/mol. The molecule has 0 radical (unpaired) electrons. The molecule has 1 N–H and O–H groups in total.